The number of hydrogen-bond donors (Lipinski definition) is 1. The Kier molecular flexibility index (Phi) is 3.62. The third-order valence-corrected chi connectivity index (χ3v) is 4.88. The molecule has 5 nitrogen and oxygen atoms in total. The molecule has 0 bridgehead atoms. The van der Waals surface area contributed by atoms with Gasteiger partial charge in [0.15, 0.2) is 5.84 Å². The maximum atomic E-state index is 6.41. The van der Waals surface area contributed by atoms with Gasteiger partial charge < -0.3 is 10.5 Å². The van der Waals surface area contributed by atoms with Crippen LogP contribution in [0, 0.1) is 0 Å². The number of halogens is 1. The van der Waals surface area contributed by atoms with E-state index >= 15 is 0 Å². The second kappa shape index (κ2) is 5.63. The van der Waals surface area contributed by atoms with Crippen molar-refractivity contribution in [2.24, 2.45) is 15.7 Å². The number of pyridine rings is 1. The van der Waals surface area contributed by atoms with E-state index in [1.807, 2.05) is 0 Å². The summed E-state index contributed by atoms with van der Waals surface area (Å²) in [4.78, 5) is 13.6. The highest BCUT2D eigenvalue weighted by Gasteiger charge is 2.30. The van der Waals surface area contributed by atoms with E-state index in [1.54, 1.807) is 0 Å². The molecule has 1 atom stereocenters. The Morgan fingerprint density at radius 3 is 2.91 bits per heavy atom. The summed E-state index contributed by atoms with van der Waals surface area (Å²) in [6.45, 7) is 1.44. The lowest BCUT2D eigenvalue weighted by molar-refractivity contribution is 0.118. The summed E-state index contributed by atoms with van der Waals surface area (Å²) in [5.41, 5.74) is 10.2. The fourth-order valence-corrected chi connectivity index (χ4v) is 3.80. The number of amidine groups is 2. The molecule has 6 heteroatoms. The monoisotopic (exact) mass is 318 g/mol. The Labute approximate surface area is 134 Å². The van der Waals surface area contributed by atoms with E-state index in [9.17, 15) is 0 Å². The minimum atomic E-state index is 0.192. The number of nitrogens with two attached hydrogens (primary N) is 1. The van der Waals surface area contributed by atoms with Crippen LogP contribution >= 0.6 is 11.6 Å². The number of nitrogens with zero attached hydrogens (tertiary/aromatic N) is 3. The zero-order chi connectivity index (χ0) is 15.1. The first-order valence-corrected chi connectivity index (χ1v) is 8.34. The van der Waals surface area contributed by atoms with Gasteiger partial charge in [-0.3, -0.25) is 4.99 Å². The van der Waals surface area contributed by atoms with Crippen LogP contribution in [0.4, 0.5) is 0 Å². The van der Waals surface area contributed by atoms with E-state index in [-0.39, 0.29) is 6.10 Å². The summed E-state index contributed by atoms with van der Waals surface area (Å²) in [6.07, 6.45) is 6.64. The molecule has 0 spiro atoms. The van der Waals surface area contributed by atoms with Crippen LogP contribution in [0.1, 0.15) is 48.1 Å². The molecular weight excluding hydrogens is 300 g/mol. The highest BCUT2D eigenvalue weighted by molar-refractivity contribution is 6.36. The molecule has 1 unspecified atom stereocenters. The Hall–Kier alpha value is -1.46. The van der Waals surface area contributed by atoms with E-state index < -0.39 is 0 Å². The standard InChI is InChI=1S/C16H19ClN4O/c17-14-13-12(10-5-1-2-6-11(10)20-14)15(18)21-16(13)19-8-9-4-3-7-22-9/h9H,1-8H2,(H2,18,19,21). The number of aliphatic imine (C=N–C) groups is 2. The molecule has 2 aliphatic heterocycles. The van der Waals surface area contributed by atoms with Crippen molar-refractivity contribution in [1.29, 1.82) is 0 Å². The van der Waals surface area contributed by atoms with Crippen LogP contribution in [-0.4, -0.2) is 35.9 Å². The molecule has 1 aliphatic carbocycles. The number of rotatable bonds is 2. The maximum Gasteiger partial charge on any atom is 0.160 e. The summed E-state index contributed by atoms with van der Waals surface area (Å²) >= 11 is 6.41. The minimum Gasteiger partial charge on any atom is -0.383 e. The van der Waals surface area contributed by atoms with E-state index in [1.165, 1.54) is 12.0 Å². The van der Waals surface area contributed by atoms with Crippen LogP contribution in [0.25, 0.3) is 0 Å². The van der Waals surface area contributed by atoms with Gasteiger partial charge >= 0.3 is 0 Å². The lowest BCUT2D eigenvalue weighted by Gasteiger charge is -2.18. The van der Waals surface area contributed by atoms with Crippen molar-refractivity contribution in [2.75, 3.05) is 13.2 Å². The van der Waals surface area contributed by atoms with Gasteiger partial charge in [0, 0.05) is 17.9 Å². The molecule has 116 valence electrons. The first-order chi connectivity index (χ1) is 10.7. The Morgan fingerprint density at radius 1 is 1.23 bits per heavy atom. The zero-order valence-electron chi connectivity index (χ0n) is 12.4. The molecule has 1 saturated heterocycles. The predicted octanol–water partition coefficient (Wildman–Crippen LogP) is 2.26. The number of hydrogen-bond acceptors (Lipinski definition) is 4. The van der Waals surface area contributed by atoms with Crippen LogP contribution in [0.15, 0.2) is 9.98 Å². The van der Waals surface area contributed by atoms with Crippen LogP contribution in [-0.2, 0) is 17.6 Å². The molecule has 1 fully saturated rings. The Bertz CT molecular complexity index is 677. The molecule has 2 N–H and O–H groups in total. The quantitative estimate of drug-likeness (QED) is 0.850. The van der Waals surface area contributed by atoms with Gasteiger partial charge in [-0.2, -0.15) is 0 Å². The molecule has 0 radical (unpaired) electrons. The third-order valence-electron chi connectivity index (χ3n) is 4.60. The molecule has 3 heterocycles. The van der Waals surface area contributed by atoms with Crippen LogP contribution in [0.5, 0.6) is 0 Å². The SMILES string of the molecule is NC1=NC(=NCC2CCCO2)c2c(Cl)nc3c(c21)CCCC3. The second-order valence-corrected chi connectivity index (χ2v) is 6.44. The minimum absolute atomic E-state index is 0.192. The maximum absolute atomic E-state index is 6.41. The van der Waals surface area contributed by atoms with Gasteiger partial charge in [0.25, 0.3) is 0 Å². The summed E-state index contributed by atoms with van der Waals surface area (Å²) in [6, 6.07) is 0. The van der Waals surface area contributed by atoms with E-state index in [0.717, 1.165) is 55.5 Å². The van der Waals surface area contributed by atoms with Crippen molar-refractivity contribution in [1.82, 2.24) is 4.98 Å². The van der Waals surface area contributed by atoms with Gasteiger partial charge in [-0.25, -0.2) is 9.98 Å². The van der Waals surface area contributed by atoms with Crippen molar-refractivity contribution in [2.45, 2.75) is 44.6 Å². The van der Waals surface area contributed by atoms with Crippen LogP contribution < -0.4 is 5.73 Å². The summed E-state index contributed by atoms with van der Waals surface area (Å²) in [5, 5.41) is 0.478. The number of aryl methyl sites for hydroxylation is 1. The second-order valence-electron chi connectivity index (χ2n) is 6.08. The van der Waals surface area contributed by atoms with E-state index in [4.69, 9.17) is 22.1 Å². The first kappa shape index (κ1) is 14.2. The summed E-state index contributed by atoms with van der Waals surface area (Å²) in [5.74, 6) is 1.15. The largest absolute Gasteiger partial charge is 0.383 e. The molecular formula is C16H19ClN4O. The van der Waals surface area contributed by atoms with Crippen molar-refractivity contribution >= 4 is 23.3 Å². The molecule has 0 aromatic carbocycles. The number of aromatic nitrogens is 1. The van der Waals surface area contributed by atoms with Crippen LogP contribution in [0.3, 0.4) is 0 Å². The van der Waals surface area contributed by atoms with Crippen molar-refractivity contribution < 1.29 is 4.74 Å². The van der Waals surface area contributed by atoms with Crippen molar-refractivity contribution in [3.8, 4) is 0 Å². The molecule has 3 aliphatic rings. The first-order valence-electron chi connectivity index (χ1n) is 7.96. The van der Waals surface area contributed by atoms with Gasteiger partial charge in [-0.1, -0.05) is 11.6 Å². The molecule has 22 heavy (non-hydrogen) atoms. The van der Waals surface area contributed by atoms with E-state index in [0.29, 0.717) is 23.4 Å². The van der Waals surface area contributed by atoms with Crippen molar-refractivity contribution in [3.63, 3.8) is 0 Å². The average Bonchev–Trinajstić information content (AvgIpc) is 3.13. The predicted molar refractivity (Wildman–Crippen MR) is 87.0 cm³/mol. The highest BCUT2D eigenvalue weighted by Crippen LogP contribution is 2.33. The molecule has 1 aromatic rings. The van der Waals surface area contributed by atoms with E-state index in [2.05, 4.69) is 15.0 Å². The van der Waals surface area contributed by atoms with Gasteiger partial charge in [0.2, 0.25) is 0 Å². The lowest BCUT2D eigenvalue weighted by Crippen LogP contribution is -2.18. The van der Waals surface area contributed by atoms with Gasteiger partial charge in [-0.05, 0) is 44.1 Å². The topological polar surface area (TPSA) is 72.9 Å². The fourth-order valence-electron chi connectivity index (χ4n) is 3.51. The molecule has 4 rings (SSSR count). The average molecular weight is 319 g/mol. The lowest BCUT2D eigenvalue weighted by atomic mass is 9.90. The molecule has 1 aromatic heterocycles. The number of ether oxygens (including phenoxy) is 1. The summed E-state index contributed by atoms with van der Waals surface area (Å²) < 4.78 is 5.61. The Morgan fingerprint density at radius 2 is 2.09 bits per heavy atom. The smallest absolute Gasteiger partial charge is 0.160 e. The van der Waals surface area contributed by atoms with Crippen LogP contribution in [0.2, 0.25) is 5.15 Å². The Balaban J connectivity index is 1.73. The third kappa shape index (κ3) is 2.32. The zero-order valence-corrected chi connectivity index (χ0v) is 13.2. The molecule has 0 amide bonds. The fraction of sp³-hybridized carbons (Fsp3) is 0.562. The number of fused-ring (bicyclic) bond motifs is 3. The van der Waals surface area contributed by atoms with Gasteiger partial charge in [-0.15, -0.1) is 0 Å². The normalized spacial score (nSPS) is 25.2. The van der Waals surface area contributed by atoms with Crippen molar-refractivity contribution in [3.05, 3.63) is 27.5 Å². The highest BCUT2D eigenvalue weighted by atomic mass is 35.5. The molecule has 0 saturated carbocycles. The van der Waals surface area contributed by atoms with Gasteiger partial charge in [0.1, 0.15) is 11.0 Å². The summed E-state index contributed by atoms with van der Waals surface area (Å²) in [7, 11) is 0. The van der Waals surface area contributed by atoms with Gasteiger partial charge in [0.05, 0.1) is 18.2 Å².